The second kappa shape index (κ2) is 11.9. The number of imidazole rings is 1. The number of amides is 1. The number of carbonyl (C=O) groups excluding carboxylic acids is 1. The van der Waals surface area contributed by atoms with Gasteiger partial charge in [-0.2, -0.15) is 9.97 Å². The number of anilines is 2. The van der Waals surface area contributed by atoms with Crippen LogP contribution in [-0.2, 0) is 20.8 Å². The molecule has 2 N–H and O–H groups in total. The number of carbonyl (C=O) groups is 1. The molecular formula is C23H37N9O3. The van der Waals surface area contributed by atoms with Crippen molar-refractivity contribution in [1.29, 1.82) is 0 Å². The van der Waals surface area contributed by atoms with Crippen molar-refractivity contribution in [1.82, 2.24) is 34.2 Å². The number of hydrogen-bond donors (Lipinski definition) is 2. The van der Waals surface area contributed by atoms with Crippen molar-refractivity contribution >= 4 is 28.8 Å². The molecule has 5 heterocycles. The van der Waals surface area contributed by atoms with Gasteiger partial charge in [0.15, 0.2) is 17.0 Å². The molecule has 0 radical (unpaired) electrons. The van der Waals surface area contributed by atoms with Gasteiger partial charge in [0.2, 0.25) is 11.9 Å². The van der Waals surface area contributed by atoms with E-state index in [1.807, 2.05) is 15.8 Å². The molecule has 3 aliphatic rings. The smallest absolute Gasteiger partial charge is 0.226 e. The highest BCUT2D eigenvalue weighted by atomic mass is 16.5. The third-order valence-electron chi connectivity index (χ3n) is 6.89. The largest absolute Gasteiger partial charge is 0.379 e. The van der Waals surface area contributed by atoms with Crippen LogP contribution in [-0.4, -0.2) is 132 Å². The first-order valence-corrected chi connectivity index (χ1v) is 12.8. The zero-order valence-electron chi connectivity index (χ0n) is 20.5. The minimum Gasteiger partial charge on any atom is -0.379 e. The van der Waals surface area contributed by atoms with Crippen molar-refractivity contribution in [2.24, 2.45) is 0 Å². The van der Waals surface area contributed by atoms with Crippen LogP contribution >= 0.6 is 0 Å². The minimum atomic E-state index is 0.236. The molecule has 3 saturated heterocycles. The van der Waals surface area contributed by atoms with E-state index in [2.05, 4.69) is 25.4 Å². The molecule has 5 rings (SSSR count). The zero-order chi connectivity index (χ0) is 23.9. The molecule has 0 spiro atoms. The van der Waals surface area contributed by atoms with Gasteiger partial charge in [0.1, 0.15) is 0 Å². The SMILES string of the molecule is O=C1CCCN1CCn1cnc2c(NCCN3CCOCC3)nc(NCCN3CCOCC3)nc21. The third kappa shape index (κ3) is 6.37. The molecule has 12 heteroatoms. The maximum atomic E-state index is 12.0. The molecular weight excluding hydrogens is 450 g/mol. The molecule has 2 aromatic rings. The summed E-state index contributed by atoms with van der Waals surface area (Å²) in [5.74, 6) is 1.58. The maximum absolute atomic E-state index is 12.0. The van der Waals surface area contributed by atoms with Crippen LogP contribution in [0.3, 0.4) is 0 Å². The predicted octanol–water partition coefficient (Wildman–Crippen LogP) is -0.0631. The second-order valence-corrected chi connectivity index (χ2v) is 9.25. The summed E-state index contributed by atoms with van der Waals surface area (Å²) in [4.78, 5) is 32.9. The summed E-state index contributed by atoms with van der Waals surface area (Å²) >= 11 is 0. The molecule has 2 aromatic heterocycles. The highest BCUT2D eigenvalue weighted by molar-refractivity contribution is 5.84. The van der Waals surface area contributed by atoms with Crippen LogP contribution in [0.2, 0.25) is 0 Å². The van der Waals surface area contributed by atoms with Gasteiger partial charge in [0, 0.05) is 78.4 Å². The van der Waals surface area contributed by atoms with Crippen LogP contribution < -0.4 is 10.6 Å². The Morgan fingerprint density at radius 3 is 2.17 bits per heavy atom. The highest BCUT2D eigenvalue weighted by Gasteiger charge is 2.21. The van der Waals surface area contributed by atoms with E-state index in [1.54, 1.807) is 0 Å². The topological polar surface area (TPSA) is 113 Å². The Hall–Kier alpha value is -2.54. The molecule has 0 saturated carbocycles. The average molecular weight is 488 g/mol. The number of likely N-dealkylation sites (tertiary alicyclic amines) is 1. The van der Waals surface area contributed by atoms with Crippen molar-refractivity contribution in [3.63, 3.8) is 0 Å². The van der Waals surface area contributed by atoms with E-state index in [4.69, 9.17) is 19.4 Å². The minimum absolute atomic E-state index is 0.236. The Kier molecular flexibility index (Phi) is 8.24. The van der Waals surface area contributed by atoms with Crippen LogP contribution in [0.25, 0.3) is 11.2 Å². The fourth-order valence-corrected chi connectivity index (χ4v) is 4.79. The lowest BCUT2D eigenvalue weighted by molar-refractivity contribution is -0.127. The van der Waals surface area contributed by atoms with Crippen LogP contribution in [0.4, 0.5) is 11.8 Å². The molecule has 3 fully saturated rings. The predicted molar refractivity (Wildman–Crippen MR) is 133 cm³/mol. The molecule has 1 amide bonds. The number of nitrogens with zero attached hydrogens (tertiary/aromatic N) is 7. The lowest BCUT2D eigenvalue weighted by Gasteiger charge is -2.26. The molecule has 3 aliphatic heterocycles. The number of aromatic nitrogens is 4. The third-order valence-corrected chi connectivity index (χ3v) is 6.89. The Bertz CT molecular complexity index is 973. The first-order chi connectivity index (χ1) is 17.3. The molecule has 35 heavy (non-hydrogen) atoms. The van der Waals surface area contributed by atoms with Gasteiger partial charge < -0.3 is 29.6 Å². The molecule has 0 bridgehead atoms. The van der Waals surface area contributed by atoms with Crippen molar-refractivity contribution in [3.05, 3.63) is 6.33 Å². The number of fused-ring (bicyclic) bond motifs is 1. The molecule has 12 nitrogen and oxygen atoms in total. The van der Waals surface area contributed by atoms with Crippen LogP contribution in [0.5, 0.6) is 0 Å². The van der Waals surface area contributed by atoms with Gasteiger partial charge in [0.05, 0.1) is 32.8 Å². The van der Waals surface area contributed by atoms with Gasteiger partial charge in [-0.1, -0.05) is 0 Å². The van der Waals surface area contributed by atoms with E-state index in [9.17, 15) is 4.79 Å². The maximum Gasteiger partial charge on any atom is 0.226 e. The monoisotopic (exact) mass is 487 g/mol. The van der Waals surface area contributed by atoms with Gasteiger partial charge in [0.25, 0.3) is 0 Å². The van der Waals surface area contributed by atoms with E-state index < -0.39 is 0 Å². The fourth-order valence-electron chi connectivity index (χ4n) is 4.79. The summed E-state index contributed by atoms with van der Waals surface area (Å²) in [5.41, 5.74) is 1.55. The van der Waals surface area contributed by atoms with Crippen molar-refractivity contribution in [3.8, 4) is 0 Å². The number of morpholine rings is 2. The Balaban J connectivity index is 1.27. The first-order valence-electron chi connectivity index (χ1n) is 12.8. The van der Waals surface area contributed by atoms with E-state index in [0.29, 0.717) is 25.5 Å². The summed E-state index contributed by atoms with van der Waals surface area (Å²) in [6.45, 7) is 12.5. The Labute approximate surface area is 206 Å². The van der Waals surface area contributed by atoms with Crippen LogP contribution in [0.1, 0.15) is 12.8 Å². The summed E-state index contributed by atoms with van der Waals surface area (Å²) < 4.78 is 12.9. The molecule has 0 atom stereocenters. The first kappa shape index (κ1) is 24.2. The van der Waals surface area contributed by atoms with Gasteiger partial charge in [-0.05, 0) is 6.42 Å². The van der Waals surface area contributed by atoms with Crippen molar-refractivity contribution in [2.75, 3.05) is 103 Å². The van der Waals surface area contributed by atoms with E-state index in [0.717, 1.165) is 109 Å². The zero-order valence-corrected chi connectivity index (χ0v) is 20.5. The average Bonchev–Trinajstić information content (AvgIpc) is 3.49. The van der Waals surface area contributed by atoms with Gasteiger partial charge in [-0.3, -0.25) is 14.6 Å². The van der Waals surface area contributed by atoms with E-state index in [1.165, 1.54) is 0 Å². The second-order valence-electron chi connectivity index (χ2n) is 9.25. The van der Waals surface area contributed by atoms with Gasteiger partial charge in [-0.15, -0.1) is 0 Å². The van der Waals surface area contributed by atoms with Crippen LogP contribution in [0, 0.1) is 0 Å². The quantitative estimate of drug-likeness (QED) is 0.447. The molecule has 192 valence electrons. The Morgan fingerprint density at radius 2 is 1.51 bits per heavy atom. The summed E-state index contributed by atoms with van der Waals surface area (Å²) in [5, 5.41) is 6.90. The number of rotatable bonds is 11. The van der Waals surface area contributed by atoms with Gasteiger partial charge in [-0.25, -0.2) is 4.98 Å². The normalized spacial score (nSPS) is 20.1. The molecule has 0 aromatic carbocycles. The van der Waals surface area contributed by atoms with Crippen molar-refractivity contribution in [2.45, 2.75) is 19.4 Å². The van der Waals surface area contributed by atoms with E-state index >= 15 is 0 Å². The van der Waals surface area contributed by atoms with E-state index in [-0.39, 0.29) is 5.91 Å². The van der Waals surface area contributed by atoms with Crippen LogP contribution in [0.15, 0.2) is 6.33 Å². The summed E-state index contributed by atoms with van der Waals surface area (Å²) in [7, 11) is 0. The van der Waals surface area contributed by atoms with Gasteiger partial charge >= 0.3 is 0 Å². The number of hydrogen-bond acceptors (Lipinski definition) is 10. The number of nitrogens with one attached hydrogen (secondary N) is 2. The Morgan fingerprint density at radius 1 is 0.829 bits per heavy atom. The summed E-state index contributed by atoms with van der Waals surface area (Å²) in [6.07, 6.45) is 3.41. The fraction of sp³-hybridized carbons (Fsp3) is 0.739. The standard InChI is InChI=1S/C23H37N9O3/c33-19-2-1-5-31(19)8-9-32-18-26-20-21(24-3-6-29-10-14-34-15-11-29)27-23(28-22(20)32)25-4-7-30-12-16-35-17-13-30/h18H,1-17H2,(H2,24,25,27,28). The lowest BCUT2D eigenvalue weighted by Crippen LogP contribution is -2.39. The lowest BCUT2D eigenvalue weighted by atomic mass is 10.4. The molecule has 0 aliphatic carbocycles. The number of ether oxygens (including phenoxy) is 2. The summed E-state index contributed by atoms with van der Waals surface area (Å²) in [6, 6.07) is 0. The van der Waals surface area contributed by atoms with Crippen molar-refractivity contribution < 1.29 is 14.3 Å². The highest BCUT2D eigenvalue weighted by Crippen LogP contribution is 2.21. The molecule has 0 unspecified atom stereocenters.